The van der Waals surface area contributed by atoms with E-state index >= 15 is 0 Å². The standard InChI is InChI=1S/C13H13BrN4/c1-7-3-2-4-9(16-7)13-17-11(8-5-6-8)10(14)12(15)18-13/h2-4,8H,5-6H2,1H3,(H2,15,17,18). The summed E-state index contributed by atoms with van der Waals surface area (Å²) in [5, 5.41) is 0. The number of anilines is 1. The minimum atomic E-state index is 0.491. The normalized spacial score (nSPS) is 14.8. The summed E-state index contributed by atoms with van der Waals surface area (Å²) in [6, 6.07) is 5.82. The molecule has 4 nitrogen and oxygen atoms in total. The molecule has 0 aromatic carbocycles. The highest BCUT2D eigenvalue weighted by molar-refractivity contribution is 9.10. The van der Waals surface area contributed by atoms with Crippen LogP contribution in [0.1, 0.15) is 30.1 Å². The van der Waals surface area contributed by atoms with Crippen molar-refractivity contribution in [2.75, 3.05) is 5.73 Å². The van der Waals surface area contributed by atoms with Crippen LogP contribution in [-0.4, -0.2) is 15.0 Å². The predicted octanol–water partition coefficient (Wildman–Crippen LogP) is 3.07. The lowest BCUT2D eigenvalue weighted by atomic mass is 10.2. The molecule has 92 valence electrons. The van der Waals surface area contributed by atoms with Crippen LogP contribution in [0, 0.1) is 6.92 Å². The quantitative estimate of drug-likeness (QED) is 0.926. The molecule has 0 bridgehead atoms. The van der Waals surface area contributed by atoms with Gasteiger partial charge < -0.3 is 5.73 Å². The molecule has 3 rings (SSSR count). The molecule has 0 radical (unpaired) electrons. The van der Waals surface area contributed by atoms with E-state index in [9.17, 15) is 0 Å². The molecule has 2 aromatic rings. The number of nitrogen functional groups attached to an aromatic ring is 1. The second-order valence-electron chi connectivity index (χ2n) is 4.57. The van der Waals surface area contributed by atoms with Gasteiger partial charge in [-0.15, -0.1) is 0 Å². The van der Waals surface area contributed by atoms with Crippen LogP contribution in [0.4, 0.5) is 5.82 Å². The number of nitrogens with two attached hydrogens (primary N) is 1. The molecule has 1 saturated carbocycles. The highest BCUT2D eigenvalue weighted by Crippen LogP contribution is 2.43. The molecule has 18 heavy (non-hydrogen) atoms. The van der Waals surface area contributed by atoms with E-state index in [4.69, 9.17) is 5.73 Å². The molecule has 0 amide bonds. The lowest BCUT2D eigenvalue weighted by molar-refractivity contribution is 0.976. The maximum absolute atomic E-state index is 5.94. The van der Waals surface area contributed by atoms with Crippen LogP contribution in [0.5, 0.6) is 0 Å². The van der Waals surface area contributed by atoms with Gasteiger partial charge in [0.1, 0.15) is 11.5 Å². The van der Waals surface area contributed by atoms with Crippen molar-refractivity contribution in [1.29, 1.82) is 0 Å². The van der Waals surface area contributed by atoms with Crippen LogP contribution >= 0.6 is 15.9 Å². The summed E-state index contributed by atoms with van der Waals surface area (Å²) in [4.78, 5) is 13.4. The van der Waals surface area contributed by atoms with Gasteiger partial charge in [0.05, 0.1) is 10.2 Å². The van der Waals surface area contributed by atoms with Gasteiger partial charge in [0, 0.05) is 11.6 Å². The van der Waals surface area contributed by atoms with Crippen molar-refractivity contribution in [3.8, 4) is 11.5 Å². The van der Waals surface area contributed by atoms with Crippen molar-refractivity contribution in [1.82, 2.24) is 15.0 Å². The number of nitrogens with zero attached hydrogens (tertiary/aromatic N) is 3. The van der Waals surface area contributed by atoms with Crippen molar-refractivity contribution >= 4 is 21.7 Å². The fraction of sp³-hybridized carbons (Fsp3) is 0.308. The van der Waals surface area contributed by atoms with Crippen LogP contribution in [0.25, 0.3) is 11.5 Å². The molecule has 2 N–H and O–H groups in total. The highest BCUT2D eigenvalue weighted by Gasteiger charge is 2.29. The molecule has 5 heteroatoms. The van der Waals surface area contributed by atoms with Crippen LogP contribution in [0.3, 0.4) is 0 Å². The summed E-state index contributed by atoms with van der Waals surface area (Å²) in [7, 11) is 0. The Hall–Kier alpha value is -1.49. The number of halogens is 1. The Bertz CT molecular complexity index is 608. The third-order valence-electron chi connectivity index (χ3n) is 2.98. The smallest absolute Gasteiger partial charge is 0.180 e. The molecule has 0 unspecified atom stereocenters. The summed E-state index contributed by atoms with van der Waals surface area (Å²) in [6.45, 7) is 1.95. The van der Waals surface area contributed by atoms with Crippen molar-refractivity contribution in [3.63, 3.8) is 0 Å². The third kappa shape index (κ3) is 2.10. The molecule has 0 spiro atoms. The van der Waals surface area contributed by atoms with Gasteiger partial charge in [0.2, 0.25) is 0 Å². The first kappa shape index (κ1) is 11.6. The molecule has 2 aromatic heterocycles. The average molecular weight is 305 g/mol. The number of hydrogen-bond donors (Lipinski definition) is 1. The maximum Gasteiger partial charge on any atom is 0.180 e. The topological polar surface area (TPSA) is 64.7 Å². The lowest BCUT2D eigenvalue weighted by Crippen LogP contribution is -2.03. The van der Waals surface area contributed by atoms with Crippen LogP contribution in [0.15, 0.2) is 22.7 Å². The van der Waals surface area contributed by atoms with Crippen molar-refractivity contribution in [2.24, 2.45) is 0 Å². The SMILES string of the molecule is Cc1cccc(-c2nc(N)c(Br)c(C3CC3)n2)n1. The molecular formula is C13H13BrN4. The fourth-order valence-corrected chi connectivity index (χ4v) is 2.39. The van der Waals surface area contributed by atoms with E-state index in [0.717, 1.165) is 21.6 Å². The summed E-state index contributed by atoms with van der Waals surface area (Å²) >= 11 is 3.47. The molecule has 0 saturated heterocycles. The number of aromatic nitrogens is 3. The Morgan fingerprint density at radius 2 is 2.00 bits per heavy atom. The predicted molar refractivity (Wildman–Crippen MR) is 74.1 cm³/mol. The first-order chi connectivity index (χ1) is 8.65. The van der Waals surface area contributed by atoms with E-state index in [1.165, 1.54) is 12.8 Å². The lowest BCUT2D eigenvalue weighted by Gasteiger charge is -2.08. The number of hydrogen-bond acceptors (Lipinski definition) is 4. The Morgan fingerprint density at radius 1 is 1.22 bits per heavy atom. The van der Waals surface area contributed by atoms with Gasteiger partial charge in [-0.2, -0.15) is 0 Å². The van der Waals surface area contributed by atoms with Gasteiger partial charge in [-0.05, 0) is 47.8 Å². The van der Waals surface area contributed by atoms with E-state index < -0.39 is 0 Å². The fourth-order valence-electron chi connectivity index (χ4n) is 1.89. The van der Waals surface area contributed by atoms with Gasteiger partial charge in [0.15, 0.2) is 5.82 Å². The minimum absolute atomic E-state index is 0.491. The van der Waals surface area contributed by atoms with Gasteiger partial charge in [-0.25, -0.2) is 15.0 Å². The zero-order valence-electron chi connectivity index (χ0n) is 10.0. The number of rotatable bonds is 2. The molecular weight excluding hydrogens is 292 g/mol. The zero-order chi connectivity index (χ0) is 12.7. The van der Waals surface area contributed by atoms with E-state index in [2.05, 4.69) is 30.9 Å². The van der Waals surface area contributed by atoms with E-state index in [0.29, 0.717) is 17.6 Å². The number of pyridine rings is 1. The number of aryl methyl sites for hydroxylation is 1. The van der Waals surface area contributed by atoms with Gasteiger partial charge >= 0.3 is 0 Å². The Labute approximate surface area is 114 Å². The molecule has 1 fully saturated rings. The van der Waals surface area contributed by atoms with Crippen LogP contribution in [-0.2, 0) is 0 Å². The molecule has 2 heterocycles. The summed E-state index contributed by atoms with van der Waals surface area (Å²) in [6.07, 6.45) is 2.35. The molecule has 0 aliphatic heterocycles. The minimum Gasteiger partial charge on any atom is -0.383 e. The third-order valence-corrected chi connectivity index (χ3v) is 3.80. The van der Waals surface area contributed by atoms with E-state index in [1.54, 1.807) is 0 Å². The van der Waals surface area contributed by atoms with Crippen molar-refractivity contribution < 1.29 is 0 Å². The molecule has 1 aliphatic carbocycles. The highest BCUT2D eigenvalue weighted by atomic mass is 79.9. The monoisotopic (exact) mass is 304 g/mol. The largest absolute Gasteiger partial charge is 0.383 e. The molecule has 1 aliphatic rings. The summed E-state index contributed by atoms with van der Waals surface area (Å²) < 4.78 is 0.835. The van der Waals surface area contributed by atoms with Gasteiger partial charge in [-0.1, -0.05) is 6.07 Å². The summed E-state index contributed by atoms with van der Waals surface area (Å²) in [5.41, 5.74) is 8.68. The Balaban J connectivity index is 2.12. The van der Waals surface area contributed by atoms with E-state index in [-0.39, 0.29) is 0 Å². The second-order valence-corrected chi connectivity index (χ2v) is 5.36. The van der Waals surface area contributed by atoms with Crippen molar-refractivity contribution in [2.45, 2.75) is 25.7 Å². The van der Waals surface area contributed by atoms with Crippen LogP contribution < -0.4 is 5.73 Å². The van der Waals surface area contributed by atoms with E-state index in [1.807, 2.05) is 25.1 Å². The van der Waals surface area contributed by atoms with Crippen LogP contribution in [0.2, 0.25) is 0 Å². The first-order valence-corrected chi connectivity index (χ1v) is 6.71. The zero-order valence-corrected chi connectivity index (χ0v) is 11.6. The van der Waals surface area contributed by atoms with Gasteiger partial charge in [-0.3, -0.25) is 0 Å². The van der Waals surface area contributed by atoms with Crippen molar-refractivity contribution in [3.05, 3.63) is 34.1 Å². The second kappa shape index (κ2) is 4.31. The maximum atomic E-state index is 5.94. The Kier molecular flexibility index (Phi) is 2.78. The first-order valence-electron chi connectivity index (χ1n) is 5.92. The summed E-state index contributed by atoms with van der Waals surface area (Å²) in [5.74, 6) is 1.62. The van der Waals surface area contributed by atoms with Gasteiger partial charge in [0.25, 0.3) is 0 Å². The average Bonchev–Trinajstić information content (AvgIpc) is 3.16. The Morgan fingerprint density at radius 3 is 2.67 bits per heavy atom. The molecule has 0 atom stereocenters.